The van der Waals surface area contributed by atoms with Gasteiger partial charge in [-0.25, -0.2) is 9.59 Å². The fourth-order valence-electron chi connectivity index (χ4n) is 5.92. The number of piperidine rings is 1. The molecule has 1 aliphatic carbocycles. The maximum absolute atomic E-state index is 14.3. The number of amides is 2. The predicted molar refractivity (Wildman–Crippen MR) is 151 cm³/mol. The molecule has 0 saturated carbocycles. The van der Waals surface area contributed by atoms with E-state index in [2.05, 4.69) is 9.88 Å². The van der Waals surface area contributed by atoms with E-state index >= 15 is 0 Å². The van der Waals surface area contributed by atoms with E-state index in [1.807, 2.05) is 12.1 Å². The van der Waals surface area contributed by atoms with Crippen molar-refractivity contribution in [3.05, 3.63) is 88.2 Å². The Morgan fingerprint density at radius 3 is 2.39 bits per heavy atom. The summed E-state index contributed by atoms with van der Waals surface area (Å²) >= 11 is 6.33. The summed E-state index contributed by atoms with van der Waals surface area (Å²) in [5.74, 6) is -1.06. The number of benzene rings is 2. The molecule has 11 heteroatoms. The summed E-state index contributed by atoms with van der Waals surface area (Å²) in [5, 5.41) is 9.69. The summed E-state index contributed by atoms with van der Waals surface area (Å²) in [6.45, 7) is 1.34. The Labute approximate surface area is 241 Å². The highest BCUT2D eigenvalue weighted by molar-refractivity contribution is 6.33. The van der Waals surface area contributed by atoms with Gasteiger partial charge in [0.05, 0.1) is 27.9 Å². The molecule has 1 aromatic heterocycles. The third-order valence-corrected chi connectivity index (χ3v) is 8.36. The third kappa shape index (κ3) is 5.98. The SMILES string of the molecule is CN(C(=O)N(C1CCN(c2ccncc2)CC1)C1CCCc2ccc(C(=O)O)cc21)c1cc(C(F)(F)F)ccc1Cl. The summed E-state index contributed by atoms with van der Waals surface area (Å²) in [6, 6.07) is 10.6. The number of aromatic nitrogens is 1. The molecule has 1 atom stereocenters. The summed E-state index contributed by atoms with van der Waals surface area (Å²) < 4.78 is 40.6. The molecule has 1 N–H and O–H groups in total. The van der Waals surface area contributed by atoms with Crippen LogP contribution in [0.15, 0.2) is 60.9 Å². The largest absolute Gasteiger partial charge is 0.478 e. The predicted octanol–water partition coefficient (Wildman–Crippen LogP) is 7.06. The molecule has 0 radical (unpaired) electrons. The van der Waals surface area contributed by atoms with Gasteiger partial charge in [0, 0.05) is 44.3 Å². The second kappa shape index (κ2) is 11.6. The fraction of sp³-hybridized carbons (Fsp3) is 0.367. The van der Waals surface area contributed by atoms with E-state index in [1.54, 1.807) is 35.5 Å². The summed E-state index contributed by atoms with van der Waals surface area (Å²) in [6.07, 6.45) is 2.26. The van der Waals surface area contributed by atoms with E-state index in [9.17, 15) is 27.9 Å². The number of halogens is 4. The van der Waals surface area contributed by atoms with Crippen LogP contribution in [0, 0.1) is 0 Å². The summed E-state index contributed by atoms with van der Waals surface area (Å²) in [7, 11) is 1.43. The Bertz CT molecular complexity index is 1430. The quantitative estimate of drug-likeness (QED) is 0.346. The van der Waals surface area contributed by atoms with Crippen molar-refractivity contribution in [1.29, 1.82) is 0 Å². The smallest absolute Gasteiger partial charge is 0.416 e. The average Bonchev–Trinajstić information content (AvgIpc) is 2.97. The van der Waals surface area contributed by atoms with Crippen molar-refractivity contribution in [3.63, 3.8) is 0 Å². The van der Waals surface area contributed by atoms with Gasteiger partial charge >= 0.3 is 18.2 Å². The zero-order valence-electron chi connectivity index (χ0n) is 22.4. The van der Waals surface area contributed by atoms with E-state index in [0.717, 1.165) is 47.9 Å². The summed E-state index contributed by atoms with van der Waals surface area (Å²) in [4.78, 5) is 35.3. The molecule has 41 heavy (non-hydrogen) atoms. The minimum absolute atomic E-state index is 0.0264. The normalized spacial score (nSPS) is 17.6. The van der Waals surface area contributed by atoms with Crippen molar-refractivity contribution in [1.82, 2.24) is 9.88 Å². The van der Waals surface area contributed by atoms with Crippen LogP contribution in [0.3, 0.4) is 0 Å². The van der Waals surface area contributed by atoms with Gasteiger partial charge in [0.2, 0.25) is 0 Å². The highest BCUT2D eigenvalue weighted by atomic mass is 35.5. The van der Waals surface area contributed by atoms with Crippen LogP contribution in [0.2, 0.25) is 5.02 Å². The molecule has 1 unspecified atom stereocenters. The van der Waals surface area contributed by atoms with Crippen LogP contribution in [0.4, 0.5) is 29.3 Å². The van der Waals surface area contributed by atoms with Crippen LogP contribution in [0.25, 0.3) is 0 Å². The lowest BCUT2D eigenvalue weighted by Crippen LogP contribution is -2.53. The van der Waals surface area contributed by atoms with E-state index < -0.39 is 29.8 Å². The molecule has 1 saturated heterocycles. The lowest BCUT2D eigenvalue weighted by Gasteiger charge is -2.46. The monoisotopic (exact) mass is 586 g/mol. The summed E-state index contributed by atoms with van der Waals surface area (Å²) in [5.41, 5.74) is 1.95. The highest BCUT2D eigenvalue weighted by Crippen LogP contribution is 2.41. The number of nitrogens with zero attached hydrogens (tertiary/aromatic N) is 4. The zero-order valence-corrected chi connectivity index (χ0v) is 23.2. The first-order valence-corrected chi connectivity index (χ1v) is 13.9. The van der Waals surface area contributed by atoms with Crippen LogP contribution in [-0.2, 0) is 12.6 Å². The Balaban J connectivity index is 1.52. The Morgan fingerprint density at radius 1 is 1.02 bits per heavy atom. The number of fused-ring (bicyclic) bond motifs is 1. The number of aryl methyl sites for hydroxylation is 1. The molecule has 1 aliphatic heterocycles. The van der Waals surface area contributed by atoms with Gasteiger partial charge in [0.25, 0.3) is 0 Å². The molecule has 216 valence electrons. The molecule has 2 heterocycles. The number of carbonyl (C=O) groups excluding carboxylic acids is 1. The first-order valence-electron chi connectivity index (χ1n) is 13.5. The van der Waals surface area contributed by atoms with Crippen molar-refractivity contribution in [2.75, 3.05) is 29.9 Å². The van der Waals surface area contributed by atoms with Gasteiger partial charge in [-0.3, -0.25) is 9.88 Å². The van der Waals surface area contributed by atoms with E-state index in [0.29, 0.717) is 32.4 Å². The van der Waals surface area contributed by atoms with Gasteiger partial charge in [-0.2, -0.15) is 13.2 Å². The van der Waals surface area contributed by atoms with Crippen LogP contribution in [0.1, 0.15) is 58.8 Å². The Morgan fingerprint density at radius 2 is 1.73 bits per heavy atom. The number of hydrogen-bond acceptors (Lipinski definition) is 4. The van der Waals surface area contributed by atoms with Crippen LogP contribution in [-0.4, -0.2) is 53.2 Å². The van der Waals surface area contributed by atoms with Crippen molar-refractivity contribution in [3.8, 4) is 0 Å². The first kappa shape index (κ1) is 28.7. The van der Waals surface area contributed by atoms with E-state index in [-0.39, 0.29) is 22.3 Å². The molecule has 0 spiro atoms. The van der Waals surface area contributed by atoms with Crippen molar-refractivity contribution >= 4 is 35.0 Å². The number of urea groups is 1. The molecule has 5 rings (SSSR count). The van der Waals surface area contributed by atoms with Gasteiger partial charge in [-0.15, -0.1) is 0 Å². The lowest BCUT2D eigenvalue weighted by atomic mass is 9.84. The average molecular weight is 587 g/mol. The Hall–Kier alpha value is -3.79. The number of anilines is 2. The minimum atomic E-state index is -4.60. The van der Waals surface area contributed by atoms with E-state index in [4.69, 9.17) is 11.6 Å². The van der Waals surface area contributed by atoms with Gasteiger partial charge in [0.15, 0.2) is 0 Å². The number of alkyl halides is 3. The molecule has 7 nitrogen and oxygen atoms in total. The topological polar surface area (TPSA) is 77.0 Å². The standard InChI is InChI=1S/C30H30ClF3N4O3/c1-36(27-18-21(30(32,33)34)7-8-25(27)31)29(41)38(23-11-15-37(16-12-23)22-9-13-35-14-10-22)26-4-2-3-19-5-6-20(28(39)40)17-24(19)26/h5-10,13-14,17-18,23,26H,2-4,11-12,15-16H2,1H3,(H,39,40). The van der Waals surface area contributed by atoms with Crippen molar-refractivity contribution in [2.24, 2.45) is 0 Å². The van der Waals surface area contributed by atoms with Gasteiger partial charge in [-0.05, 0) is 85.7 Å². The molecule has 1 fully saturated rings. The number of aromatic carboxylic acids is 1. The third-order valence-electron chi connectivity index (χ3n) is 8.04. The maximum Gasteiger partial charge on any atom is 0.416 e. The molecular formula is C30H30ClF3N4O3. The Kier molecular flexibility index (Phi) is 8.13. The fourth-order valence-corrected chi connectivity index (χ4v) is 6.16. The van der Waals surface area contributed by atoms with Gasteiger partial charge in [0.1, 0.15) is 0 Å². The van der Waals surface area contributed by atoms with E-state index in [1.165, 1.54) is 11.9 Å². The number of carbonyl (C=O) groups is 2. The van der Waals surface area contributed by atoms with Crippen molar-refractivity contribution < 1.29 is 27.9 Å². The second-order valence-electron chi connectivity index (χ2n) is 10.5. The zero-order chi connectivity index (χ0) is 29.3. The molecule has 2 amide bonds. The highest BCUT2D eigenvalue weighted by Gasteiger charge is 2.39. The molecule has 0 bridgehead atoms. The van der Waals surface area contributed by atoms with Crippen LogP contribution in [0.5, 0.6) is 0 Å². The molecule has 3 aromatic rings. The van der Waals surface area contributed by atoms with Crippen molar-refractivity contribution in [2.45, 2.75) is 50.4 Å². The minimum Gasteiger partial charge on any atom is -0.478 e. The van der Waals surface area contributed by atoms with Gasteiger partial charge < -0.3 is 14.9 Å². The number of carboxylic acids is 1. The maximum atomic E-state index is 14.3. The number of hydrogen-bond donors (Lipinski definition) is 1. The number of rotatable bonds is 5. The van der Waals surface area contributed by atoms with Crippen LogP contribution < -0.4 is 9.80 Å². The van der Waals surface area contributed by atoms with Crippen LogP contribution >= 0.6 is 11.6 Å². The molecule has 2 aromatic carbocycles. The second-order valence-corrected chi connectivity index (χ2v) is 10.9. The molecule has 2 aliphatic rings. The first-order chi connectivity index (χ1) is 19.5. The van der Waals surface area contributed by atoms with Gasteiger partial charge in [-0.1, -0.05) is 17.7 Å². The lowest BCUT2D eigenvalue weighted by molar-refractivity contribution is -0.137. The number of pyridine rings is 1. The number of carboxylic acid groups (broad SMARTS) is 1. The molecular weight excluding hydrogens is 557 g/mol.